The molecule has 0 nitrogen and oxygen atoms in total. The molecule has 4 unspecified atom stereocenters. The van der Waals surface area contributed by atoms with Crippen LogP contribution in [0.2, 0.25) is 12.0 Å². The van der Waals surface area contributed by atoms with Crippen molar-refractivity contribution >= 4 is 15.1 Å². The van der Waals surface area contributed by atoms with Crippen molar-refractivity contribution in [3.63, 3.8) is 0 Å². The molecule has 4 atom stereocenters. The smallest absolute Gasteiger partial charge is 0.0895 e. The van der Waals surface area contributed by atoms with Crippen LogP contribution < -0.4 is 0 Å². The minimum atomic E-state index is 0.608. The molecule has 0 spiro atoms. The van der Waals surface area contributed by atoms with Crippen LogP contribution in [0.1, 0.15) is 45.4 Å². The molecule has 0 aromatic rings. The lowest BCUT2D eigenvalue weighted by molar-refractivity contribution is 0.216. The zero-order valence-electron chi connectivity index (χ0n) is 10.2. The summed E-state index contributed by atoms with van der Waals surface area (Å²) in [5.41, 5.74) is 0. The Balaban J connectivity index is 2.07. The molecule has 2 aliphatic rings. The fraction of sp³-hybridized carbons (Fsp3) is 1.00. The van der Waals surface area contributed by atoms with Gasteiger partial charge in [-0.2, -0.15) is 0 Å². The average Bonchev–Trinajstić information content (AvgIpc) is 2.61. The van der Waals surface area contributed by atoms with Crippen LogP contribution >= 0.6 is 0 Å². The van der Waals surface area contributed by atoms with Crippen LogP contribution in [-0.2, 0) is 0 Å². The summed E-state index contributed by atoms with van der Waals surface area (Å²) in [4.78, 5) is 0. The van der Waals surface area contributed by atoms with E-state index in [-0.39, 0.29) is 0 Å². The summed E-state index contributed by atoms with van der Waals surface area (Å²) in [5, 5.41) is 0.608. The van der Waals surface area contributed by atoms with Crippen molar-refractivity contribution < 1.29 is 0 Å². The van der Waals surface area contributed by atoms with Gasteiger partial charge in [0.15, 0.2) is 0 Å². The van der Waals surface area contributed by atoms with Gasteiger partial charge in [-0.1, -0.05) is 44.6 Å². The topological polar surface area (TPSA) is 0 Å². The molecule has 0 bridgehead atoms. The first-order valence-corrected chi connectivity index (χ1v) is 6.65. The first-order valence-electron chi connectivity index (χ1n) is 6.65. The molecule has 14 heavy (non-hydrogen) atoms. The molecule has 0 heterocycles. The van der Waals surface area contributed by atoms with E-state index in [2.05, 4.69) is 21.6 Å². The molecule has 0 aromatic heterocycles. The standard InChI is InChI=1S/C12H24B2/c1-12(13,14-2)11-8-7-9-5-3-4-6-10(9)11/h9-11,14H,3-8,13H2,1-2H3. The minimum Gasteiger partial charge on any atom is -0.0895 e. The van der Waals surface area contributed by atoms with Gasteiger partial charge in [0.1, 0.15) is 7.28 Å². The molecule has 2 fully saturated rings. The van der Waals surface area contributed by atoms with Gasteiger partial charge in [-0.15, -0.1) is 0 Å². The largest absolute Gasteiger partial charge is 0.115 e. The lowest BCUT2D eigenvalue weighted by atomic mass is 9.38. The summed E-state index contributed by atoms with van der Waals surface area (Å²) in [6.45, 7) is 4.87. The fourth-order valence-corrected chi connectivity index (χ4v) is 3.96. The summed E-state index contributed by atoms with van der Waals surface area (Å²) >= 11 is 0. The third kappa shape index (κ3) is 1.77. The van der Waals surface area contributed by atoms with E-state index in [4.69, 9.17) is 0 Å². The van der Waals surface area contributed by atoms with Crippen molar-refractivity contribution in [3.05, 3.63) is 0 Å². The maximum Gasteiger partial charge on any atom is 0.115 e. The third-order valence-corrected chi connectivity index (χ3v) is 5.25. The molecule has 0 aliphatic heterocycles. The molecule has 2 rings (SSSR count). The Morgan fingerprint density at radius 2 is 1.86 bits per heavy atom. The van der Waals surface area contributed by atoms with Gasteiger partial charge in [0, 0.05) is 0 Å². The van der Waals surface area contributed by atoms with Crippen molar-refractivity contribution in [2.24, 2.45) is 17.8 Å². The summed E-state index contributed by atoms with van der Waals surface area (Å²) in [6, 6.07) is 0. The second-order valence-electron chi connectivity index (χ2n) is 6.23. The molecular weight excluding hydrogens is 166 g/mol. The van der Waals surface area contributed by atoms with E-state index in [0.717, 1.165) is 17.8 Å². The Morgan fingerprint density at radius 3 is 2.57 bits per heavy atom. The normalized spacial score (nSPS) is 41.4. The van der Waals surface area contributed by atoms with Crippen LogP contribution in [0.25, 0.3) is 0 Å². The average molecular weight is 190 g/mol. The van der Waals surface area contributed by atoms with Gasteiger partial charge in [0.05, 0.1) is 7.85 Å². The lowest BCUT2D eigenvalue weighted by Crippen LogP contribution is -2.31. The quantitative estimate of drug-likeness (QED) is 0.586. The Morgan fingerprint density at radius 1 is 1.14 bits per heavy atom. The number of hydrogen-bond acceptors (Lipinski definition) is 0. The van der Waals surface area contributed by atoms with Crippen molar-refractivity contribution in [2.75, 3.05) is 0 Å². The highest BCUT2D eigenvalue weighted by molar-refractivity contribution is 6.52. The van der Waals surface area contributed by atoms with Gasteiger partial charge < -0.3 is 0 Å². The van der Waals surface area contributed by atoms with Crippen LogP contribution in [-0.4, -0.2) is 15.1 Å². The first-order chi connectivity index (χ1) is 6.65. The third-order valence-electron chi connectivity index (χ3n) is 5.25. The molecular formula is C12H24B2. The Labute approximate surface area is 90.9 Å². The predicted octanol–water partition coefficient (Wildman–Crippen LogP) is 2.46. The molecule has 2 aliphatic carbocycles. The zero-order valence-corrected chi connectivity index (χ0v) is 10.2. The maximum atomic E-state index is 2.49. The van der Waals surface area contributed by atoms with Gasteiger partial charge in [-0.05, 0) is 30.6 Å². The molecule has 0 radical (unpaired) electrons. The van der Waals surface area contributed by atoms with E-state index in [0.29, 0.717) is 5.21 Å². The number of fused-ring (bicyclic) bond motifs is 1. The first kappa shape index (κ1) is 10.6. The summed E-state index contributed by atoms with van der Waals surface area (Å²) in [7, 11) is 3.86. The Kier molecular flexibility index (Phi) is 3.00. The molecule has 0 saturated heterocycles. The molecule has 2 saturated carbocycles. The van der Waals surface area contributed by atoms with Crippen molar-refractivity contribution in [3.8, 4) is 0 Å². The number of rotatable bonds is 2. The zero-order chi connectivity index (χ0) is 10.2. The van der Waals surface area contributed by atoms with E-state index in [1.165, 1.54) is 26.5 Å². The molecule has 2 heteroatoms. The van der Waals surface area contributed by atoms with Crippen LogP contribution in [0.5, 0.6) is 0 Å². The van der Waals surface area contributed by atoms with Crippen LogP contribution in [0, 0.1) is 17.8 Å². The second-order valence-corrected chi connectivity index (χ2v) is 6.23. The second kappa shape index (κ2) is 3.94. The van der Waals surface area contributed by atoms with Crippen LogP contribution in [0.4, 0.5) is 0 Å². The fourth-order valence-electron chi connectivity index (χ4n) is 3.96. The van der Waals surface area contributed by atoms with Crippen molar-refractivity contribution in [2.45, 2.75) is 57.5 Å². The Bertz CT molecular complexity index is 200. The summed E-state index contributed by atoms with van der Waals surface area (Å²) < 4.78 is 0. The SMILES string of the molecule is BC(C)(BC)C1CCC2CCCCC21. The lowest BCUT2D eigenvalue weighted by Gasteiger charge is -2.38. The van der Waals surface area contributed by atoms with Gasteiger partial charge >= 0.3 is 0 Å². The highest BCUT2D eigenvalue weighted by Crippen LogP contribution is 2.53. The molecule has 78 valence electrons. The minimum absolute atomic E-state index is 0.608. The van der Waals surface area contributed by atoms with E-state index >= 15 is 0 Å². The van der Waals surface area contributed by atoms with E-state index in [1.54, 1.807) is 19.3 Å². The van der Waals surface area contributed by atoms with Gasteiger partial charge in [-0.3, -0.25) is 0 Å². The number of hydrogen-bond donors (Lipinski definition) is 0. The highest BCUT2D eigenvalue weighted by Gasteiger charge is 2.43. The molecule has 0 N–H and O–H groups in total. The predicted molar refractivity (Wildman–Crippen MR) is 68.1 cm³/mol. The van der Waals surface area contributed by atoms with E-state index in [1.807, 2.05) is 0 Å². The van der Waals surface area contributed by atoms with Crippen LogP contribution in [0.15, 0.2) is 0 Å². The van der Waals surface area contributed by atoms with Crippen molar-refractivity contribution in [1.82, 2.24) is 0 Å². The summed E-state index contributed by atoms with van der Waals surface area (Å²) in [5.74, 6) is 3.25. The molecule has 0 amide bonds. The van der Waals surface area contributed by atoms with E-state index in [9.17, 15) is 0 Å². The highest BCUT2D eigenvalue weighted by atomic mass is 14.4. The van der Waals surface area contributed by atoms with Gasteiger partial charge in [0.25, 0.3) is 0 Å². The van der Waals surface area contributed by atoms with Gasteiger partial charge in [-0.25, -0.2) is 0 Å². The van der Waals surface area contributed by atoms with E-state index < -0.39 is 0 Å². The molecule has 0 aromatic carbocycles. The summed E-state index contributed by atoms with van der Waals surface area (Å²) in [6.07, 6.45) is 9.17. The van der Waals surface area contributed by atoms with Crippen molar-refractivity contribution in [1.29, 1.82) is 0 Å². The van der Waals surface area contributed by atoms with Crippen LogP contribution in [0.3, 0.4) is 0 Å². The maximum absolute atomic E-state index is 2.49. The monoisotopic (exact) mass is 190 g/mol. The Hall–Kier alpha value is 0.130. The van der Waals surface area contributed by atoms with Gasteiger partial charge in [0.2, 0.25) is 0 Å².